The third kappa shape index (κ3) is 3.03. The summed E-state index contributed by atoms with van der Waals surface area (Å²) in [5.74, 6) is 0.827. The molecule has 2 aromatic carbocycles. The van der Waals surface area contributed by atoms with Crippen molar-refractivity contribution in [3.05, 3.63) is 59.7 Å². The van der Waals surface area contributed by atoms with Crippen LogP contribution in [-0.4, -0.2) is 20.2 Å². The topological polar surface area (TPSA) is 67.4 Å². The van der Waals surface area contributed by atoms with E-state index in [2.05, 4.69) is 45.9 Å². The standard InChI is InChI=1S/C18H15N5S/c19-11-15-3-1-2-4-17(15)14-7-5-13(6-8-14)12-24-18-20-21-22-23(18)16-9-10-16/h1-8,16H,9-10,12H2. The lowest BCUT2D eigenvalue weighted by atomic mass is 10.00. The molecule has 0 amide bonds. The van der Waals surface area contributed by atoms with Crippen LogP contribution >= 0.6 is 11.8 Å². The lowest BCUT2D eigenvalue weighted by molar-refractivity contribution is 0.565. The third-order valence-corrected chi connectivity index (χ3v) is 5.04. The van der Waals surface area contributed by atoms with Gasteiger partial charge in [-0.15, -0.1) is 5.10 Å². The molecule has 1 fully saturated rings. The van der Waals surface area contributed by atoms with E-state index in [1.54, 1.807) is 11.8 Å². The maximum Gasteiger partial charge on any atom is 0.209 e. The van der Waals surface area contributed by atoms with E-state index in [9.17, 15) is 5.26 Å². The molecule has 6 heteroatoms. The normalized spacial score (nSPS) is 13.6. The summed E-state index contributed by atoms with van der Waals surface area (Å²) in [6.07, 6.45) is 2.34. The van der Waals surface area contributed by atoms with Gasteiger partial charge in [-0.25, -0.2) is 4.68 Å². The third-order valence-electron chi connectivity index (χ3n) is 4.04. The zero-order valence-electron chi connectivity index (χ0n) is 13.0. The zero-order valence-corrected chi connectivity index (χ0v) is 13.8. The molecule has 0 unspecified atom stereocenters. The van der Waals surface area contributed by atoms with Crippen molar-refractivity contribution in [1.82, 2.24) is 20.2 Å². The number of rotatable bonds is 5. The average Bonchev–Trinajstić information content (AvgIpc) is 3.38. The van der Waals surface area contributed by atoms with Gasteiger partial charge >= 0.3 is 0 Å². The van der Waals surface area contributed by atoms with Crippen molar-refractivity contribution < 1.29 is 0 Å². The van der Waals surface area contributed by atoms with Crippen LogP contribution in [0.5, 0.6) is 0 Å². The molecule has 5 nitrogen and oxygen atoms in total. The lowest BCUT2D eigenvalue weighted by Crippen LogP contribution is -1.98. The Hall–Kier alpha value is -2.65. The van der Waals surface area contributed by atoms with Crippen LogP contribution in [0.2, 0.25) is 0 Å². The number of hydrogen-bond acceptors (Lipinski definition) is 5. The Morgan fingerprint density at radius 1 is 1.12 bits per heavy atom. The molecule has 0 radical (unpaired) electrons. The molecule has 1 aromatic heterocycles. The highest BCUT2D eigenvalue weighted by Crippen LogP contribution is 2.37. The van der Waals surface area contributed by atoms with Crippen molar-refractivity contribution in [3.8, 4) is 17.2 Å². The smallest absolute Gasteiger partial charge is 0.209 e. The van der Waals surface area contributed by atoms with E-state index in [1.165, 1.54) is 18.4 Å². The van der Waals surface area contributed by atoms with Gasteiger partial charge in [0.05, 0.1) is 17.7 Å². The summed E-state index contributed by atoms with van der Waals surface area (Å²) in [4.78, 5) is 0. The first kappa shape index (κ1) is 14.9. The molecule has 0 aliphatic heterocycles. The van der Waals surface area contributed by atoms with E-state index < -0.39 is 0 Å². The molecule has 24 heavy (non-hydrogen) atoms. The maximum atomic E-state index is 9.23. The summed E-state index contributed by atoms with van der Waals surface area (Å²) in [5, 5.41) is 22.1. The van der Waals surface area contributed by atoms with Crippen molar-refractivity contribution in [2.75, 3.05) is 0 Å². The van der Waals surface area contributed by atoms with Gasteiger partial charge in [0.15, 0.2) is 0 Å². The second-order valence-electron chi connectivity index (χ2n) is 5.78. The number of hydrogen-bond donors (Lipinski definition) is 0. The van der Waals surface area contributed by atoms with Crippen LogP contribution in [0.1, 0.15) is 30.0 Å². The summed E-state index contributed by atoms with van der Waals surface area (Å²) in [7, 11) is 0. The average molecular weight is 333 g/mol. The fraction of sp³-hybridized carbons (Fsp3) is 0.222. The highest BCUT2D eigenvalue weighted by molar-refractivity contribution is 7.98. The van der Waals surface area contributed by atoms with Crippen LogP contribution < -0.4 is 0 Å². The van der Waals surface area contributed by atoms with Gasteiger partial charge in [0.2, 0.25) is 5.16 Å². The number of nitriles is 1. The zero-order chi connectivity index (χ0) is 16.4. The van der Waals surface area contributed by atoms with E-state index in [1.807, 2.05) is 28.9 Å². The largest absolute Gasteiger partial charge is 0.217 e. The molecule has 118 valence electrons. The van der Waals surface area contributed by atoms with Gasteiger partial charge in [-0.3, -0.25) is 0 Å². The van der Waals surface area contributed by atoms with Crippen LogP contribution in [0, 0.1) is 11.3 Å². The van der Waals surface area contributed by atoms with Crippen LogP contribution in [0.15, 0.2) is 53.7 Å². The van der Waals surface area contributed by atoms with Gasteiger partial charge in [-0.1, -0.05) is 54.2 Å². The molecule has 3 aromatic rings. The molecule has 4 rings (SSSR count). The molecule has 1 aliphatic carbocycles. The molecule has 1 aliphatic rings. The predicted octanol–water partition coefficient (Wildman–Crippen LogP) is 3.84. The molecule has 0 spiro atoms. The van der Waals surface area contributed by atoms with E-state index >= 15 is 0 Å². The number of thioether (sulfide) groups is 1. The van der Waals surface area contributed by atoms with Crippen LogP contribution in [0.25, 0.3) is 11.1 Å². The first-order valence-electron chi connectivity index (χ1n) is 7.84. The van der Waals surface area contributed by atoms with Crippen molar-refractivity contribution in [2.24, 2.45) is 0 Å². The van der Waals surface area contributed by atoms with Crippen molar-refractivity contribution >= 4 is 11.8 Å². The van der Waals surface area contributed by atoms with Crippen LogP contribution in [0.4, 0.5) is 0 Å². The maximum absolute atomic E-state index is 9.23. The predicted molar refractivity (Wildman–Crippen MR) is 92.2 cm³/mol. The van der Waals surface area contributed by atoms with E-state index in [0.29, 0.717) is 11.6 Å². The number of aromatic nitrogens is 4. The van der Waals surface area contributed by atoms with E-state index in [0.717, 1.165) is 22.0 Å². The Balaban J connectivity index is 1.48. The summed E-state index contributed by atoms with van der Waals surface area (Å²) in [6, 6.07) is 18.7. The van der Waals surface area contributed by atoms with Gasteiger partial charge in [-0.2, -0.15) is 5.26 Å². The number of nitrogens with zero attached hydrogens (tertiary/aromatic N) is 5. The number of tetrazole rings is 1. The van der Waals surface area contributed by atoms with Gasteiger partial charge in [0, 0.05) is 5.75 Å². The van der Waals surface area contributed by atoms with Gasteiger partial charge < -0.3 is 0 Å². The molecule has 1 saturated carbocycles. The molecule has 0 bridgehead atoms. The van der Waals surface area contributed by atoms with Gasteiger partial charge in [0.25, 0.3) is 0 Å². The van der Waals surface area contributed by atoms with Crippen LogP contribution in [0.3, 0.4) is 0 Å². The minimum Gasteiger partial charge on any atom is -0.217 e. The molecule has 0 saturated heterocycles. The Kier molecular flexibility index (Phi) is 4.01. The molecule has 0 atom stereocenters. The summed E-state index contributed by atoms with van der Waals surface area (Å²) in [5.41, 5.74) is 3.94. The van der Waals surface area contributed by atoms with Gasteiger partial charge in [0.1, 0.15) is 0 Å². The van der Waals surface area contributed by atoms with Crippen LogP contribution in [-0.2, 0) is 5.75 Å². The van der Waals surface area contributed by atoms with Crippen molar-refractivity contribution in [1.29, 1.82) is 5.26 Å². The van der Waals surface area contributed by atoms with Crippen molar-refractivity contribution in [3.63, 3.8) is 0 Å². The fourth-order valence-electron chi connectivity index (χ4n) is 2.59. The Labute approximate surface area is 144 Å². The summed E-state index contributed by atoms with van der Waals surface area (Å²) >= 11 is 1.66. The Bertz CT molecular complexity index is 890. The number of benzene rings is 2. The Morgan fingerprint density at radius 2 is 1.92 bits per heavy atom. The second-order valence-corrected chi connectivity index (χ2v) is 6.72. The summed E-state index contributed by atoms with van der Waals surface area (Å²) < 4.78 is 1.93. The molecular weight excluding hydrogens is 318 g/mol. The molecular formula is C18H15N5S. The van der Waals surface area contributed by atoms with E-state index in [4.69, 9.17) is 0 Å². The quantitative estimate of drug-likeness (QED) is 0.664. The lowest BCUT2D eigenvalue weighted by Gasteiger charge is -2.06. The molecule has 0 N–H and O–H groups in total. The highest BCUT2D eigenvalue weighted by Gasteiger charge is 2.27. The minimum atomic E-state index is 0.493. The first-order valence-corrected chi connectivity index (χ1v) is 8.83. The monoisotopic (exact) mass is 333 g/mol. The molecule has 1 heterocycles. The van der Waals surface area contributed by atoms with Crippen molar-refractivity contribution in [2.45, 2.75) is 29.8 Å². The highest BCUT2D eigenvalue weighted by atomic mass is 32.2. The SMILES string of the molecule is N#Cc1ccccc1-c1ccc(CSc2nnnn2C2CC2)cc1. The fourth-order valence-corrected chi connectivity index (χ4v) is 3.49. The second kappa shape index (κ2) is 6.46. The minimum absolute atomic E-state index is 0.493. The van der Waals surface area contributed by atoms with E-state index in [-0.39, 0.29) is 0 Å². The Morgan fingerprint density at radius 3 is 2.67 bits per heavy atom. The first-order chi connectivity index (χ1) is 11.8. The summed E-state index contributed by atoms with van der Waals surface area (Å²) in [6.45, 7) is 0. The van der Waals surface area contributed by atoms with Gasteiger partial charge in [-0.05, 0) is 46.0 Å².